The van der Waals surface area contributed by atoms with Crippen molar-refractivity contribution in [2.24, 2.45) is 0 Å². The Morgan fingerprint density at radius 2 is 1.80 bits per heavy atom. The summed E-state index contributed by atoms with van der Waals surface area (Å²) in [4.78, 5) is 2.44. The van der Waals surface area contributed by atoms with E-state index >= 15 is 0 Å². The standard InChI is InChI=1S/C30H43N5O3SSi/c1-30(2,3)40(5,6)38-28-19-24-10-7-8-13-27(24)29(28)35-21-26(31-33-35)20-34-16-14-22(15-17-34)23-11-9-12-25(18-23)32-39(4,36)37/h7-13,18,21-22,28-29,32H,14-17,19-20H2,1-6H3. The largest absolute Gasteiger partial charge is 0.411 e. The van der Waals surface area contributed by atoms with Crippen LogP contribution in [0.2, 0.25) is 18.1 Å². The van der Waals surface area contributed by atoms with Crippen molar-refractivity contribution in [3.63, 3.8) is 0 Å². The van der Waals surface area contributed by atoms with Crippen molar-refractivity contribution in [3.05, 3.63) is 77.1 Å². The molecule has 8 nitrogen and oxygen atoms in total. The minimum Gasteiger partial charge on any atom is -0.411 e. The van der Waals surface area contributed by atoms with Gasteiger partial charge < -0.3 is 4.43 Å². The first kappa shape index (κ1) is 29.0. The quantitative estimate of drug-likeness (QED) is 0.350. The lowest BCUT2D eigenvalue weighted by molar-refractivity contribution is 0.145. The van der Waals surface area contributed by atoms with Gasteiger partial charge in [-0.15, -0.1) is 5.10 Å². The molecule has 10 heteroatoms. The van der Waals surface area contributed by atoms with Crippen LogP contribution in [-0.4, -0.2) is 62.1 Å². The lowest BCUT2D eigenvalue weighted by Crippen LogP contribution is -2.45. The molecule has 0 bridgehead atoms. The second-order valence-corrected chi connectivity index (χ2v) is 19.5. The number of fused-ring (bicyclic) bond motifs is 1. The van der Waals surface area contributed by atoms with Crippen LogP contribution in [0.3, 0.4) is 0 Å². The summed E-state index contributed by atoms with van der Waals surface area (Å²) in [6.45, 7) is 14.2. The summed E-state index contributed by atoms with van der Waals surface area (Å²) < 4.78 is 34.9. The van der Waals surface area contributed by atoms with Crippen LogP contribution in [0.1, 0.15) is 68.0 Å². The Morgan fingerprint density at radius 1 is 1.07 bits per heavy atom. The highest BCUT2D eigenvalue weighted by Crippen LogP contribution is 2.43. The molecule has 216 valence electrons. The highest BCUT2D eigenvalue weighted by Gasteiger charge is 2.44. The van der Waals surface area contributed by atoms with Crippen LogP contribution in [-0.2, 0) is 27.4 Å². The second-order valence-electron chi connectivity index (χ2n) is 13.0. The minimum atomic E-state index is -3.29. The molecular formula is C30H43N5O3SSi. The number of benzene rings is 2. The summed E-state index contributed by atoms with van der Waals surface area (Å²) in [7, 11) is -5.25. The van der Waals surface area contributed by atoms with Crippen molar-refractivity contribution >= 4 is 24.0 Å². The number of anilines is 1. The van der Waals surface area contributed by atoms with Crippen molar-refractivity contribution < 1.29 is 12.8 Å². The Hall–Kier alpha value is -2.53. The smallest absolute Gasteiger partial charge is 0.229 e. The summed E-state index contributed by atoms with van der Waals surface area (Å²) in [5, 5.41) is 9.35. The molecule has 1 aliphatic carbocycles. The van der Waals surface area contributed by atoms with E-state index < -0.39 is 18.3 Å². The maximum absolute atomic E-state index is 11.6. The Kier molecular flexibility index (Phi) is 8.00. The van der Waals surface area contributed by atoms with Gasteiger partial charge >= 0.3 is 0 Å². The van der Waals surface area contributed by atoms with Crippen LogP contribution in [0.15, 0.2) is 54.7 Å². The lowest BCUT2D eigenvalue weighted by Gasteiger charge is -2.39. The fraction of sp³-hybridized carbons (Fsp3) is 0.533. The number of aromatic nitrogens is 3. The van der Waals surface area contributed by atoms with Crippen molar-refractivity contribution in [1.29, 1.82) is 0 Å². The molecule has 1 aromatic heterocycles. The van der Waals surface area contributed by atoms with Gasteiger partial charge in [-0.2, -0.15) is 0 Å². The molecule has 2 unspecified atom stereocenters. The second kappa shape index (κ2) is 11.0. The van der Waals surface area contributed by atoms with E-state index in [2.05, 4.69) is 90.3 Å². The van der Waals surface area contributed by atoms with Gasteiger partial charge in [-0.05, 0) is 78.8 Å². The number of hydrogen-bond donors (Lipinski definition) is 1. The molecule has 2 heterocycles. The summed E-state index contributed by atoms with van der Waals surface area (Å²) in [5.74, 6) is 0.413. The van der Waals surface area contributed by atoms with Gasteiger partial charge in [0.15, 0.2) is 8.32 Å². The predicted molar refractivity (Wildman–Crippen MR) is 163 cm³/mol. The predicted octanol–water partition coefficient (Wildman–Crippen LogP) is 5.57. The Balaban J connectivity index is 1.25. The average molecular weight is 582 g/mol. The summed E-state index contributed by atoms with van der Waals surface area (Å²) in [6.07, 6.45) is 6.29. The maximum Gasteiger partial charge on any atom is 0.229 e. The molecule has 5 rings (SSSR count). The molecule has 0 radical (unpaired) electrons. The number of nitrogens with one attached hydrogen (secondary N) is 1. The zero-order valence-electron chi connectivity index (χ0n) is 24.6. The van der Waals surface area contributed by atoms with Crippen LogP contribution in [0.4, 0.5) is 5.69 Å². The fourth-order valence-electron chi connectivity index (χ4n) is 5.76. The monoisotopic (exact) mass is 581 g/mol. The third kappa shape index (κ3) is 6.51. The Labute approximate surface area is 240 Å². The molecular weight excluding hydrogens is 539 g/mol. The number of sulfonamides is 1. The van der Waals surface area contributed by atoms with Crippen molar-refractivity contribution in [3.8, 4) is 0 Å². The molecule has 0 spiro atoms. The lowest BCUT2D eigenvalue weighted by atomic mass is 9.89. The van der Waals surface area contributed by atoms with Gasteiger partial charge in [0.2, 0.25) is 10.0 Å². The number of piperidine rings is 1. The van der Waals surface area contributed by atoms with Gasteiger partial charge in [0.05, 0.1) is 24.3 Å². The zero-order chi connectivity index (χ0) is 28.7. The van der Waals surface area contributed by atoms with E-state index in [1.54, 1.807) is 6.07 Å². The van der Waals surface area contributed by atoms with Crippen LogP contribution < -0.4 is 4.72 Å². The Morgan fingerprint density at radius 3 is 2.50 bits per heavy atom. The van der Waals surface area contributed by atoms with Crippen molar-refractivity contribution in [2.45, 2.75) is 82.8 Å². The van der Waals surface area contributed by atoms with Crippen molar-refractivity contribution in [1.82, 2.24) is 19.9 Å². The first-order valence-corrected chi connectivity index (χ1v) is 19.1. The van der Waals surface area contributed by atoms with E-state index in [-0.39, 0.29) is 17.2 Å². The van der Waals surface area contributed by atoms with E-state index in [9.17, 15) is 8.42 Å². The van der Waals surface area contributed by atoms with Gasteiger partial charge in [0.25, 0.3) is 0 Å². The molecule has 1 fully saturated rings. The molecule has 3 aromatic rings. The van der Waals surface area contributed by atoms with Crippen LogP contribution >= 0.6 is 0 Å². The number of rotatable bonds is 8. The number of nitrogens with zero attached hydrogens (tertiary/aromatic N) is 4. The summed E-state index contributed by atoms with van der Waals surface area (Å²) in [5.41, 5.74) is 5.42. The third-order valence-corrected chi connectivity index (χ3v) is 14.0. The highest BCUT2D eigenvalue weighted by molar-refractivity contribution is 7.92. The van der Waals surface area contributed by atoms with Gasteiger partial charge in [0.1, 0.15) is 6.04 Å². The summed E-state index contributed by atoms with van der Waals surface area (Å²) in [6, 6.07) is 16.5. The minimum absolute atomic E-state index is 0.0325. The molecule has 2 aliphatic rings. The topological polar surface area (TPSA) is 89.4 Å². The summed E-state index contributed by atoms with van der Waals surface area (Å²) >= 11 is 0. The van der Waals surface area contributed by atoms with E-state index in [0.717, 1.165) is 44.6 Å². The van der Waals surface area contributed by atoms with Crippen LogP contribution in [0, 0.1) is 0 Å². The maximum atomic E-state index is 11.6. The van der Waals surface area contributed by atoms with E-state index in [1.807, 2.05) is 16.8 Å². The molecule has 2 atom stereocenters. The van der Waals surface area contributed by atoms with Gasteiger partial charge in [0, 0.05) is 18.7 Å². The Bertz CT molecular complexity index is 1440. The van der Waals surface area contributed by atoms with E-state index in [1.165, 1.54) is 22.9 Å². The normalized spacial score (nSPS) is 20.9. The van der Waals surface area contributed by atoms with E-state index in [0.29, 0.717) is 11.6 Å². The molecule has 1 aliphatic heterocycles. The highest BCUT2D eigenvalue weighted by atomic mass is 32.2. The zero-order valence-corrected chi connectivity index (χ0v) is 26.4. The third-order valence-electron chi connectivity index (χ3n) is 8.88. The number of likely N-dealkylation sites (tertiary alicyclic amines) is 1. The molecule has 40 heavy (non-hydrogen) atoms. The molecule has 1 saturated heterocycles. The van der Waals surface area contributed by atoms with Gasteiger partial charge in [-0.25, -0.2) is 13.1 Å². The fourth-order valence-corrected chi connectivity index (χ4v) is 7.63. The molecule has 2 aromatic carbocycles. The van der Waals surface area contributed by atoms with Crippen molar-refractivity contribution in [2.75, 3.05) is 24.1 Å². The van der Waals surface area contributed by atoms with Crippen LogP contribution in [0.25, 0.3) is 0 Å². The van der Waals surface area contributed by atoms with Gasteiger partial charge in [-0.1, -0.05) is 62.4 Å². The first-order valence-electron chi connectivity index (χ1n) is 14.3. The molecule has 1 N–H and O–H groups in total. The van der Waals surface area contributed by atoms with Gasteiger partial charge in [-0.3, -0.25) is 9.62 Å². The number of hydrogen-bond acceptors (Lipinski definition) is 6. The first-order chi connectivity index (χ1) is 18.8. The average Bonchev–Trinajstić information content (AvgIpc) is 3.46. The SMILES string of the molecule is CC(C)(C)[Si](C)(C)OC1Cc2ccccc2C1n1cc(CN2CCC(c3cccc(NS(C)(=O)=O)c3)CC2)nn1. The van der Waals surface area contributed by atoms with Crippen LogP contribution in [0.5, 0.6) is 0 Å². The molecule has 0 amide bonds. The molecule has 0 saturated carbocycles. The van der Waals surface area contributed by atoms with E-state index in [4.69, 9.17) is 4.43 Å².